The zero-order valence-corrected chi connectivity index (χ0v) is 22.9. The maximum Gasteiger partial charge on any atom is 0.308 e. The first kappa shape index (κ1) is 27.0. The normalized spacial score (nSPS) is 20.4. The van der Waals surface area contributed by atoms with Gasteiger partial charge in [0.2, 0.25) is 10.0 Å². The van der Waals surface area contributed by atoms with Crippen LogP contribution in [-0.2, 0) is 14.8 Å². The first-order valence-corrected chi connectivity index (χ1v) is 14.2. The van der Waals surface area contributed by atoms with E-state index in [0.717, 1.165) is 16.0 Å². The Hall–Kier alpha value is -3.01. The van der Waals surface area contributed by atoms with Crippen molar-refractivity contribution in [2.45, 2.75) is 41.4 Å². The van der Waals surface area contributed by atoms with Gasteiger partial charge in [0, 0.05) is 16.7 Å². The van der Waals surface area contributed by atoms with Crippen molar-refractivity contribution in [1.82, 2.24) is 4.31 Å². The molecule has 7 nitrogen and oxygen atoms in total. The number of aliphatic carboxylic acids is 1. The first-order valence-electron chi connectivity index (χ1n) is 11.9. The Labute approximate surface area is 222 Å². The summed E-state index contributed by atoms with van der Waals surface area (Å²) in [6, 6.07) is 19.3. The Morgan fingerprint density at radius 1 is 0.919 bits per heavy atom. The zero-order valence-electron chi connectivity index (χ0n) is 21.2. The molecule has 0 bridgehead atoms. The molecule has 1 fully saturated rings. The number of sulfonamides is 1. The molecule has 0 amide bonds. The van der Waals surface area contributed by atoms with Gasteiger partial charge in [-0.05, 0) is 62.2 Å². The SMILES string of the molecule is COc1ccc([C@@H]2C[C@@H](Sc3ccc(C)cc3)[C@H](C(=O)O)CN2S(=O)(=O)c2ccc(C)cc2)cc1OC. The number of carboxylic acid groups (broad SMARTS) is 1. The molecule has 0 aromatic heterocycles. The Morgan fingerprint density at radius 2 is 1.51 bits per heavy atom. The van der Waals surface area contributed by atoms with Crippen LogP contribution in [0.1, 0.15) is 29.2 Å². The van der Waals surface area contributed by atoms with Crippen molar-refractivity contribution in [3.8, 4) is 11.5 Å². The average molecular weight is 542 g/mol. The predicted octanol–water partition coefficient (Wildman–Crippen LogP) is 5.32. The number of rotatable bonds is 8. The van der Waals surface area contributed by atoms with Crippen LogP contribution in [0.3, 0.4) is 0 Å². The maximum absolute atomic E-state index is 13.9. The molecule has 37 heavy (non-hydrogen) atoms. The van der Waals surface area contributed by atoms with Crippen LogP contribution in [0.4, 0.5) is 0 Å². The van der Waals surface area contributed by atoms with Gasteiger partial charge in [-0.1, -0.05) is 41.5 Å². The summed E-state index contributed by atoms with van der Waals surface area (Å²) in [7, 11) is -0.924. The number of hydrogen-bond donors (Lipinski definition) is 1. The van der Waals surface area contributed by atoms with Gasteiger partial charge in [0.15, 0.2) is 11.5 Å². The maximum atomic E-state index is 13.9. The van der Waals surface area contributed by atoms with Crippen LogP contribution >= 0.6 is 11.8 Å². The summed E-state index contributed by atoms with van der Waals surface area (Å²) in [5.74, 6) is -0.887. The summed E-state index contributed by atoms with van der Waals surface area (Å²) >= 11 is 1.48. The zero-order chi connectivity index (χ0) is 26.7. The van der Waals surface area contributed by atoms with Gasteiger partial charge in [-0.15, -0.1) is 11.8 Å². The van der Waals surface area contributed by atoms with Crippen LogP contribution < -0.4 is 9.47 Å². The van der Waals surface area contributed by atoms with E-state index in [4.69, 9.17) is 9.47 Å². The lowest BCUT2D eigenvalue weighted by atomic mass is 9.90. The number of aryl methyl sites for hydroxylation is 2. The molecule has 3 atom stereocenters. The fourth-order valence-corrected chi connectivity index (χ4v) is 7.51. The lowest BCUT2D eigenvalue weighted by molar-refractivity contribution is -0.143. The Bertz CT molecular complexity index is 1360. The van der Waals surface area contributed by atoms with Crippen molar-refractivity contribution in [3.05, 3.63) is 83.4 Å². The second-order valence-corrected chi connectivity index (χ2v) is 12.4. The van der Waals surface area contributed by atoms with Crippen LogP contribution in [0.15, 0.2) is 76.5 Å². The number of ether oxygens (including phenoxy) is 2. The second-order valence-electron chi connectivity index (χ2n) is 9.17. The van der Waals surface area contributed by atoms with E-state index in [1.54, 1.807) is 36.4 Å². The summed E-state index contributed by atoms with van der Waals surface area (Å²) in [6.45, 7) is 3.74. The number of methoxy groups -OCH3 is 2. The minimum Gasteiger partial charge on any atom is -0.493 e. The van der Waals surface area contributed by atoms with E-state index in [1.807, 2.05) is 44.2 Å². The molecule has 9 heteroatoms. The minimum absolute atomic E-state index is 0.136. The number of nitrogens with zero attached hydrogens (tertiary/aromatic N) is 1. The third kappa shape index (κ3) is 5.79. The minimum atomic E-state index is -3.99. The highest BCUT2D eigenvalue weighted by atomic mass is 32.2. The van der Waals surface area contributed by atoms with Crippen LogP contribution in [-0.4, -0.2) is 49.8 Å². The van der Waals surface area contributed by atoms with Crippen molar-refractivity contribution in [3.63, 3.8) is 0 Å². The first-order chi connectivity index (χ1) is 17.6. The number of hydrogen-bond acceptors (Lipinski definition) is 6. The molecule has 0 spiro atoms. The Kier molecular flexibility index (Phi) is 8.16. The summed E-state index contributed by atoms with van der Waals surface area (Å²) in [5.41, 5.74) is 2.76. The monoisotopic (exact) mass is 541 g/mol. The van der Waals surface area contributed by atoms with E-state index in [9.17, 15) is 18.3 Å². The number of thioether (sulfide) groups is 1. The Morgan fingerprint density at radius 3 is 2.08 bits per heavy atom. The molecule has 0 unspecified atom stereocenters. The number of piperidine rings is 1. The quantitative estimate of drug-likeness (QED) is 0.413. The summed E-state index contributed by atoms with van der Waals surface area (Å²) < 4.78 is 40.0. The van der Waals surface area contributed by atoms with E-state index in [1.165, 1.54) is 30.3 Å². The molecule has 1 N–H and O–H groups in total. The average Bonchev–Trinajstić information content (AvgIpc) is 2.89. The van der Waals surface area contributed by atoms with E-state index in [2.05, 4.69) is 0 Å². The molecular formula is C28H31NO6S2. The van der Waals surface area contributed by atoms with Crippen molar-refractivity contribution in [2.24, 2.45) is 5.92 Å². The van der Waals surface area contributed by atoms with Gasteiger partial charge in [-0.3, -0.25) is 4.79 Å². The molecule has 3 aromatic carbocycles. The number of carbonyl (C=O) groups is 1. The van der Waals surface area contributed by atoms with Gasteiger partial charge in [0.05, 0.1) is 31.1 Å². The number of benzene rings is 3. The van der Waals surface area contributed by atoms with E-state index < -0.39 is 28.0 Å². The molecule has 1 saturated heterocycles. The molecule has 0 saturated carbocycles. The second kappa shape index (κ2) is 11.2. The molecular weight excluding hydrogens is 510 g/mol. The van der Waals surface area contributed by atoms with Gasteiger partial charge in [-0.2, -0.15) is 4.31 Å². The molecule has 196 valence electrons. The third-order valence-corrected chi connectivity index (χ3v) is 9.93. The topological polar surface area (TPSA) is 93.1 Å². The van der Waals surface area contributed by atoms with Gasteiger partial charge < -0.3 is 14.6 Å². The van der Waals surface area contributed by atoms with Crippen LogP contribution in [0.25, 0.3) is 0 Å². The molecule has 1 aliphatic heterocycles. The molecule has 1 heterocycles. The van der Waals surface area contributed by atoms with E-state index in [-0.39, 0.29) is 16.7 Å². The van der Waals surface area contributed by atoms with Crippen LogP contribution in [0.2, 0.25) is 0 Å². The molecule has 0 radical (unpaired) electrons. The molecule has 4 rings (SSSR count). The molecule has 1 aliphatic rings. The highest BCUT2D eigenvalue weighted by molar-refractivity contribution is 8.00. The standard InChI is InChI=1S/C28H31NO6S2/c1-18-5-10-21(11-6-18)36-27-16-24(20-9-14-25(34-3)26(15-20)35-4)29(17-23(27)28(30)31)37(32,33)22-12-7-19(2)8-13-22/h5-15,23-24,27H,16-17H2,1-4H3,(H,30,31)/t23-,24+,27-/m1/s1. The van der Waals surface area contributed by atoms with Crippen molar-refractivity contribution >= 4 is 27.8 Å². The van der Waals surface area contributed by atoms with Crippen molar-refractivity contribution in [1.29, 1.82) is 0 Å². The lowest BCUT2D eigenvalue weighted by Gasteiger charge is -2.41. The highest BCUT2D eigenvalue weighted by Gasteiger charge is 2.45. The number of carboxylic acids is 1. The van der Waals surface area contributed by atoms with Gasteiger partial charge >= 0.3 is 5.97 Å². The fourth-order valence-electron chi connectivity index (χ4n) is 4.57. The smallest absolute Gasteiger partial charge is 0.308 e. The van der Waals surface area contributed by atoms with Crippen LogP contribution in [0.5, 0.6) is 11.5 Å². The largest absolute Gasteiger partial charge is 0.493 e. The predicted molar refractivity (Wildman–Crippen MR) is 144 cm³/mol. The van der Waals surface area contributed by atoms with Crippen LogP contribution in [0, 0.1) is 19.8 Å². The van der Waals surface area contributed by atoms with Gasteiger partial charge in [0.1, 0.15) is 0 Å². The van der Waals surface area contributed by atoms with Crippen molar-refractivity contribution < 1.29 is 27.8 Å². The van der Waals surface area contributed by atoms with Crippen molar-refractivity contribution in [2.75, 3.05) is 20.8 Å². The van der Waals surface area contributed by atoms with Gasteiger partial charge in [-0.25, -0.2) is 8.42 Å². The highest BCUT2D eigenvalue weighted by Crippen LogP contribution is 2.45. The summed E-state index contributed by atoms with van der Waals surface area (Å²) in [4.78, 5) is 13.5. The van der Waals surface area contributed by atoms with E-state index >= 15 is 0 Å². The molecule has 0 aliphatic carbocycles. The van der Waals surface area contributed by atoms with E-state index in [0.29, 0.717) is 23.5 Å². The molecule has 3 aromatic rings. The Balaban J connectivity index is 1.79. The lowest BCUT2D eigenvalue weighted by Crippen LogP contribution is -2.49. The summed E-state index contributed by atoms with van der Waals surface area (Å²) in [5, 5.41) is 9.81. The summed E-state index contributed by atoms with van der Waals surface area (Å²) in [6.07, 6.45) is 0.316. The third-order valence-electron chi connectivity index (χ3n) is 6.67. The van der Waals surface area contributed by atoms with Gasteiger partial charge in [0.25, 0.3) is 0 Å². The fraction of sp³-hybridized carbons (Fsp3) is 0.321.